The van der Waals surface area contributed by atoms with Crippen LogP contribution in [0.4, 0.5) is 20.3 Å². The SMILES string of the molecule is CCc1cc(Nc2nccn3c(-c4ccc(OC)c(F)c4F)cnc23)ccc1C(=O)NCCNC(=O)[C@@H](N)[C@@H](C)O. The van der Waals surface area contributed by atoms with Crippen LogP contribution in [0.15, 0.2) is 48.9 Å². The molecule has 2 atom stereocenters. The first kappa shape index (κ1) is 29.4. The molecule has 4 aromatic rings. The van der Waals surface area contributed by atoms with Crippen LogP contribution in [0.2, 0.25) is 0 Å². The third kappa shape index (κ3) is 6.26. The van der Waals surface area contributed by atoms with E-state index >= 15 is 0 Å². The van der Waals surface area contributed by atoms with Gasteiger partial charge in [0.05, 0.1) is 25.1 Å². The number of benzene rings is 2. The van der Waals surface area contributed by atoms with E-state index in [9.17, 15) is 23.5 Å². The molecule has 2 heterocycles. The van der Waals surface area contributed by atoms with Gasteiger partial charge in [-0.15, -0.1) is 0 Å². The van der Waals surface area contributed by atoms with Crippen LogP contribution in [-0.4, -0.2) is 63.6 Å². The number of hydrogen-bond acceptors (Lipinski definition) is 8. The van der Waals surface area contributed by atoms with Crippen molar-refractivity contribution in [2.24, 2.45) is 5.73 Å². The van der Waals surface area contributed by atoms with Crippen molar-refractivity contribution >= 4 is 29.0 Å². The van der Waals surface area contributed by atoms with Gasteiger partial charge in [0.15, 0.2) is 23.0 Å². The zero-order valence-electron chi connectivity index (χ0n) is 22.7. The minimum Gasteiger partial charge on any atom is -0.494 e. The van der Waals surface area contributed by atoms with E-state index in [0.717, 1.165) is 5.56 Å². The highest BCUT2D eigenvalue weighted by Crippen LogP contribution is 2.31. The van der Waals surface area contributed by atoms with Crippen LogP contribution < -0.4 is 26.4 Å². The first-order valence-corrected chi connectivity index (χ1v) is 12.9. The van der Waals surface area contributed by atoms with Gasteiger partial charge in [-0.3, -0.25) is 14.0 Å². The summed E-state index contributed by atoms with van der Waals surface area (Å²) >= 11 is 0. The molecule has 2 aromatic heterocycles. The Kier molecular flexibility index (Phi) is 9.10. The first-order chi connectivity index (χ1) is 19.7. The second-order valence-corrected chi connectivity index (χ2v) is 9.22. The topological polar surface area (TPSA) is 156 Å². The monoisotopic (exact) mass is 567 g/mol. The van der Waals surface area contributed by atoms with E-state index in [1.807, 2.05) is 13.0 Å². The number of aliphatic hydroxyl groups is 1. The molecule has 0 aliphatic heterocycles. The number of imidazole rings is 1. The molecule has 0 fully saturated rings. The fourth-order valence-corrected chi connectivity index (χ4v) is 4.21. The number of carbonyl (C=O) groups excluding carboxylic acids is 2. The van der Waals surface area contributed by atoms with Crippen LogP contribution in [0.5, 0.6) is 5.75 Å². The van der Waals surface area contributed by atoms with Gasteiger partial charge in [0.25, 0.3) is 5.91 Å². The predicted octanol–water partition coefficient (Wildman–Crippen LogP) is 2.54. The average Bonchev–Trinajstić information content (AvgIpc) is 3.40. The number of nitrogens with two attached hydrogens (primary N) is 1. The van der Waals surface area contributed by atoms with Crippen molar-refractivity contribution in [3.8, 4) is 17.0 Å². The van der Waals surface area contributed by atoms with E-state index in [1.54, 1.807) is 22.7 Å². The smallest absolute Gasteiger partial charge is 0.251 e. The Morgan fingerprint density at radius 2 is 1.88 bits per heavy atom. The van der Waals surface area contributed by atoms with E-state index in [4.69, 9.17) is 10.5 Å². The van der Waals surface area contributed by atoms with E-state index in [-0.39, 0.29) is 30.3 Å². The van der Waals surface area contributed by atoms with E-state index in [2.05, 4.69) is 25.9 Å². The van der Waals surface area contributed by atoms with Crippen molar-refractivity contribution in [1.29, 1.82) is 0 Å². The Morgan fingerprint density at radius 3 is 2.59 bits per heavy atom. The molecule has 0 spiro atoms. The van der Waals surface area contributed by atoms with Crippen molar-refractivity contribution in [2.75, 3.05) is 25.5 Å². The summed E-state index contributed by atoms with van der Waals surface area (Å²) in [4.78, 5) is 33.3. The number of ether oxygens (including phenoxy) is 1. The number of fused-ring (bicyclic) bond motifs is 1. The van der Waals surface area contributed by atoms with Gasteiger partial charge >= 0.3 is 0 Å². The maximum absolute atomic E-state index is 14.8. The summed E-state index contributed by atoms with van der Waals surface area (Å²) in [5, 5.41) is 17.9. The van der Waals surface area contributed by atoms with Gasteiger partial charge in [-0.25, -0.2) is 14.4 Å². The predicted molar refractivity (Wildman–Crippen MR) is 149 cm³/mol. The van der Waals surface area contributed by atoms with Crippen molar-refractivity contribution in [1.82, 2.24) is 25.0 Å². The normalized spacial score (nSPS) is 12.6. The number of carbonyl (C=O) groups is 2. The summed E-state index contributed by atoms with van der Waals surface area (Å²) in [6, 6.07) is 6.92. The number of nitrogens with zero attached hydrogens (tertiary/aromatic N) is 3. The Labute approximate surface area is 234 Å². The van der Waals surface area contributed by atoms with E-state index in [0.29, 0.717) is 34.8 Å². The van der Waals surface area contributed by atoms with Crippen LogP contribution in [-0.2, 0) is 11.2 Å². The molecule has 11 nitrogen and oxygen atoms in total. The summed E-state index contributed by atoms with van der Waals surface area (Å²) in [6.45, 7) is 3.66. The first-order valence-electron chi connectivity index (χ1n) is 12.9. The van der Waals surface area contributed by atoms with Crippen LogP contribution >= 0.6 is 0 Å². The zero-order chi connectivity index (χ0) is 29.7. The number of aromatic nitrogens is 3. The highest BCUT2D eigenvalue weighted by Gasteiger charge is 2.20. The van der Waals surface area contributed by atoms with Crippen molar-refractivity contribution in [3.05, 3.63) is 71.7 Å². The Morgan fingerprint density at radius 1 is 1.12 bits per heavy atom. The van der Waals surface area contributed by atoms with Gasteiger partial charge < -0.3 is 31.5 Å². The summed E-state index contributed by atoms with van der Waals surface area (Å²) < 4.78 is 35.6. The second-order valence-electron chi connectivity index (χ2n) is 9.22. The van der Waals surface area contributed by atoms with Gasteiger partial charge in [-0.05, 0) is 49.2 Å². The minimum absolute atomic E-state index is 0.0157. The zero-order valence-corrected chi connectivity index (χ0v) is 22.7. The molecule has 0 saturated heterocycles. The molecular weight excluding hydrogens is 536 g/mol. The lowest BCUT2D eigenvalue weighted by Gasteiger charge is -2.15. The van der Waals surface area contributed by atoms with E-state index < -0.39 is 29.7 Å². The van der Waals surface area contributed by atoms with Gasteiger partial charge in [0.2, 0.25) is 11.7 Å². The molecule has 0 aliphatic rings. The number of hydrogen-bond donors (Lipinski definition) is 5. The number of anilines is 2. The molecule has 0 unspecified atom stereocenters. The highest BCUT2D eigenvalue weighted by atomic mass is 19.2. The third-order valence-electron chi connectivity index (χ3n) is 6.50. The molecule has 216 valence electrons. The molecule has 2 amide bonds. The number of aliphatic hydroxyl groups excluding tert-OH is 1. The van der Waals surface area contributed by atoms with E-state index in [1.165, 1.54) is 38.6 Å². The van der Waals surface area contributed by atoms with Crippen LogP contribution in [0, 0.1) is 11.6 Å². The van der Waals surface area contributed by atoms with Gasteiger partial charge in [0.1, 0.15) is 6.04 Å². The molecule has 0 radical (unpaired) electrons. The number of nitrogens with one attached hydrogen (secondary N) is 3. The second kappa shape index (κ2) is 12.7. The Bertz CT molecular complexity index is 1570. The Balaban J connectivity index is 1.49. The van der Waals surface area contributed by atoms with Gasteiger partial charge in [-0.2, -0.15) is 4.39 Å². The summed E-state index contributed by atoms with van der Waals surface area (Å²) in [6.07, 6.45) is 4.11. The number of halogens is 2. The number of methoxy groups -OCH3 is 1. The number of rotatable bonds is 11. The van der Waals surface area contributed by atoms with Crippen molar-refractivity contribution < 1.29 is 28.2 Å². The third-order valence-corrected chi connectivity index (χ3v) is 6.50. The summed E-state index contributed by atoms with van der Waals surface area (Å²) in [5.41, 5.74) is 8.19. The van der Waals surface area contributed by atoms with Crippen LogP contribution in [0.3, 0.4) is 0 Å². The molecular formula is C28H31F2N7O4. The van der Waals surface area contributed by atoms with Crippen LogP contribution in [0.25, 0.3) is 16.9 Å². The maximum atomic E-state index is 14.8. The molecule has 6 N–H and O–H groups in total. The maximum Gasteiger partial charge on any atom is 0.251 e. The molecule has 0 aliphatic carbocycles. The molecule has 2 aromatic carbocycles. The molecule has 0 saturated carbocycles. The summed E-state index contributed by atoms with van der Waals surface area (Å²) in [5.74, 6) is -2.78. The molecule has 41 heavy (non-hydrogen) atoms. The standard InChI is InChI=1S/C28H31F2N7O4/c1-4-16-13-17(5-6-18(16)27(39)33-9-10-34-28(40)24(31)15(2)38)36-25-26-35-14-20(37(26)12-11-32-25)19-7-8-21(41-3)23(30)22(19)29/h5-8,11-15,24,38H,4,9-10,31H2,1-3H3,(H,32,36)(H,33,39)(H,34,40)/t15-,24+/m1/s1. The highest BCUT2D eigenvalue weighted by molar-refractivity contribution is 5.96. The van der Waals surface area contributed by atoms with Gasteiger partial charge in [-0.1, -0.05) is 6.92 Å². The number of aryl methyl sites for hydroxylation is 1. The minimum atomic E-state index is -1.09. The van der Waals surface area contributed by atoms with Gasteiger partial charge in [0, 0.05) is 42.3 Å². The van der Waals surface area contributed by atoms with Crippen molar-refractivity contribution in [2.45, 2.75) is 32.4 Å². The fraction of sp³-hybridized carbons (Fsp3) is 0.286. The lowest BCUT2D eigenvalue weighted by molar-refractivity contribution is -0.124. The average molecular weight is 568 g/mol. The fourth-order valence-electron chi connectivity index (χ4n) is 4.21. The largest absolute Gasteiger partial charge is 0.494 e. The number of amides is 2. The summed E-state index contributed by atoms with van der Waals surface area (Å²) in [7, 11) is 1.26. The molecule has 13 heteroatoms. The quantitative estimate of drug-likeness (QED) is 0.173. The van der Waals surface area contributed by atoms with Crippen molar-refractivity contribution in [3.63, 3.8) is 0 Å². The lowest BCUT2D eigenvalue weighted by atomic mass is 10.0. The molecule has 0 bridgehead atoms. The molecule has 4 rings (SSSR count). The Hall–Kier alpha value is -4.62. The lowest BCUT2D eigenvalue weighted by Crippen LogP contribution is -2.48. The van der Waals surface area contributed by atoms with Crippen LogP contribution in [0.1, 0.15) is 29.8 Å².